The van der Waals surface area contributed by atoms with Gasteiger partial charge in [-0.1, -0.05) is 0 Å². The second-order valence-corrected chi connectivity index (χ2v) is 9.49. The van der Waals surface area contributed by atoms with Crippen LogP contribution in [0.1, 0.15) is 45.8 Å². The largest absolute Gasteiger partial charge is 0.321 e. The average Bonchev–Trinajstić information content (AvgIpc) is 3.28. The first-order valence-corrected chi connectivity index (χ1v) is 10.9. The Morgan fingerprint density at radius 1 is 1.08 bits per heavy atom. The van der Waals surface area contributed by atoms with Crippen molar-refractivity contribution in [3.8, 4) is 0 Å². The fourth-order valence-corrected chi connectivity index (χ4v) is 5.46. The summed E-state index contributed by atoms with van der Waals surface area (Å²) >= 11 is 1.57. The number of carbonyl (C=O) groups excluding carboxylic acids is 1. The van der Waals surface area contributed by atoms with Gasteiger partial charge in [-0.15, -0.1) is 11.3 Å². The molecule has 1 aromatic heterocycles. The molecule has 25 heavy (non-hydrogen) atoms. The van der Waals surface area contributed by atoms with Gasteiger partial charge in [0.2, 0.25) is 10.0 Å². The molecule has 1 amide bonds. The molecule has 0 atom stereocenters. The van der Waals surface area contributed by atoms with Crippen LogP contribution in [0.3, 0.4) is 0 Å². The van der Waals surface area contributed by atoms with Gasteiger partial charge in [-0.3, -0.25) is 4.79 Å². The third kappa shape index (κ3) is 3.78. The van der Waals surface area contributed by atoms with Crippen molar-refractivity contribution >= 4 is 33.0 Å². The first kappa shape index (κ1) is 16.8. The van der Waals surface area contributed by atoms with Crippen LogP contribution in [0.25, 0.3) is 0 Å². The summed E-state index contributed by atoms with van der Waals surface area (Å²) in [6.45, 7) is 0. The number of carbonyl (C=O) groups is 1. The predicted octanol–water partition coefficient (Wildman–Crippen LogP) is 3.32. The number of amides is 1. The van der Waals surface area contributed by atoms with Crippen molar-refractivity contribution in [1.82, 2.24) is 4.72 Å². The highest BCUT2D eigenvalue weighted by atomic mass is 32.2. The smallest absolute Gasteiger partial charge is 0.265 e. The Labute approximate surface area is 151 Å². The van der Waals surface area contributed by atoms with Crippen molar-refractivity contribution in [2.45, 2.75) is 49.5 Å². The number of hydrogen-bond acceptors (Lipinski definition) is 4. The van der Waals surface area contributed by atoms with E-state index in [1.165, 1.54) is 35.4 Å². The van der Waals surface area contributed by atoms with Gasteiger partial charge in [-0.25, -0.2) is 13.1 Å². The monoisotopic (exact) mass is 376 g/mol. The second-order valence-electron chi connectivity index (χ2n) is 6.64. The van der Waals surface area contributed by atoms with Crippen LogP contribution in [0.2, 0.25) is 0 Å². The van der Waals surface area contributed by atoms with Gasteiger partial charge in [0, 0.05) is 16.6 Å². The molecule has 2 aromatic rings. The number of hydrogen-bond donors (Lipinski definition) is 2. The minimum absolute atomic E-state index is 0.0780. The third-order valence-corrected chi connectivity index (χ3v) is 7.31. The number of rotatable bonds is 5. The molecule has 132 valence electrons. The number of benzene rings is 1. The van der Waals surface area contributed by atoms with E-state index >= 15 is 0 Å². The Kier molecular flexibility index (Phi) is 4.39. The lowest BCUT2D eigenvalue weighted by Crippen LogP contribution is -2.25. The van der Waals surface area contributed by atoms with E-state index in [0.717, 1.165) is 30.6 Å². The summed E-state index contributed by atoms with van der Waals surface area (Å²) in [6.07, 6.45) is 6.30. The SMILES string of the molecule is O=C(Nc1ccc(S(=O)(=O)NC2CC2)cc1)c1cc2c(s1)CCCC2. The average molecular weight is 377 g/mol. The van der Waals surface area contributed by atoms with Gasteiger partial charge in [0.1, 0.15) is 0 Å². The Bertz CT molecular complexity index is 873. The topological polar surface area (TPSA) is 75.3 Å². The lowest BCUT2D eigenvalue weighted by Gasteiger charge is -2.08. The molecule has 0 spiro atoms. The normalized spacial score (nSPS) is 17.1. The van der Waals surface area contributed by atoms with Crippen LogP contribution in [0, 0.1) is 0 Å². The van der Waals surface area contributed by atoms with Crippen LogP contribution in [0.15, 0.2) is 35.2 Å². The summed E-state index contributed by atoms with van der Waals surface area (Å²) in [5, 5.41) is 2.86. The molecule has 0 bridgehead atoms. The molecular formula is C18H20N2O3S2. The van der Waals surface area contributed by atoms with E-state index in [1.54, 1.807) is 23.5 Å². The van der Waals surface area contributed by atoms with Crippen molar-refractivity contribution in [3.05, 3.63) is 45.6 Å². The highest BCUT2D eigenvalue weighted by Crippen LogP contribution is 2.30. The van der Waals surface area contributed by atoms with Gasteiger partial charge in [0.05, 0.1) is 9.77 Å². The van der Waals surface area contributed by atoms with Gasteiger partial charge < -0.3 is 5.32 Å². The zero-order valence-electron chi connectivity index (χ0n) is 13.7. The number of fused-ring (bicyclic) bond motifs is 1. The van der Waals surface area contributed by atoms with Crippen LogP contribution < -0.4 is 10.0 Å². The number of thiophene rings is 1. The van der Waals surface area contributed by atoms with Crippen LogP contribution in [0.5, 0.6) is 0 Å². The molecule has 2 aliphatic rings. The minimum atomic E-state index is -3.46. The number of anilines is 1. The fraction of sp³-hybridized carbons (Fsp3) is 0.389. The van der Waals surface area contributed by atoms with E-state index in [0.29, 0.717) is 5.69 Å². The number of aryl methyl sites for hydroxylation is 2. The van der Waals surface area contributed by atoms with Gasteiger partial charge in [-0.2, -0.15) is 0 Å². The van der Waals surface area contributed by atoms with Crippen molar-refractivity contribution in [1.29, 1.82) is 0 Å². The molecule has 0 aliphatic heterocycles. The van der Waals surface area contributed by atoms with E-state index in [-0.39, 0.29) is 16.8 Å². The lowest BCUT2D eigenvalue weighted by molar-refractivity contribution is 0.103. The molecule has 1 heterocycles. The molecule has 2 aliphatic carbocycles. The van der Waals surface area contributed by atoms with Crippen molar-refractivity contribution < 1.29 is 13.2 Å². The molecule has 1 aromatic carbocycles. The highest BCUT2D eigenvalue weighted by Gasteiger charge is 2.27. The van der Waals surface area contributed by atoms with Crippen LogP contribution in [-0.4, -0.2) is 20.4 Å². The Morgan fingerprint density at radius 3 is 2.48 bits per heavy atom. The standard InChI is InChI=1S/C18H20N2O3S2/c21-18(17-11-12-3-1-2-4-16(12)24-17)19-13-7-9-15(10-8-13)25(22,23)20-14-5-6-14/h7-11,14,20H,1-6H2,(H,19,21). The second kappa shape index (κ2) is 6.55. The summed E-state index contributed by atoms with van der Waals surface area (Å²) in [4.78, 5) is 14.7. The summed E-state index contributed by atoms with van der Waals surface area (Å²) in [7, 11) is -3.46. The van der Waals surface area contributed by atoms with Crippen LogP contribution in [0.4, 0.5) is 5.69 Å². The van der Waals surface area contributed by atoms with E-state index in [1.807, 2.05) is 6.07 Å². The Morgan fingerprint density at radius 2 is 1.80 bits per heavy atom. The molecule has 0 unspecified atom stereocenters. The van der Waals surface area contributed by atoms with Crippen molar-refractivity contribution in [2.75, 3.05) is 5.32 Å². The zero-order chi connectivity index (χ0) is 17.4. The quantitative estimate of drug-likeness (QED) is 0.840. The van der Waals surface area contributed by atoms with Crippen molar-refractivity contribution in [3.63, 3.8) is 0 Å². The highest BCUT2D eigenvalue weighted by molar-refractivity contribution is 7.89. The van der Waals surface area contributed by atoms with Gasteiger partial charge in [0.25, 0.3) is 5.91 Å². The Hall–Kier alpha value is -1.70. The van der Waals surface area contributed by atoms with Crippen LogP contribution >= 0.6 is 11.3 Å². The first-order valence-electron chi connectivity index (χ1n) is 8.56. The summed E-state index contributed by atoms with van der Waals surface area (Å²) in [6, 6.07) is 8.39. The third-order valence-electron chi connectivity index (χ3n) is 4.54. The number of sulfonamides is 1. The molecule has 0 radical (unpaired) electrons. The predicted molar refractivity (Wildman–Crippen MR) is 98.7 cm³/mol. The minimum Gasteiger partial charge on any atom is -0.321 e. The first-order chi connectivity index (χ1) is 12.0. The molecule has 4 rings (SSSR count). The van der Waals surface area contributed by atoms with E-state index < -0.39 is 10.0 Å². The molecule has 1 fully saturated rings. The fourth-order valence-electron chi connectivity index (χ4n) is 3.00. The molecular weight excluding hydrogens is 356 g/mol. The van der Waals surface area contributed by atoms with E-state index in [4.69, 9.17) is 0 Å². The Balaban J connectivity index is 1.45. The summed E-state index contributed by atoms with van der Waals surface area (Å²) in [5.74, 6) is -0.133. The maximum Gasteiger partial charge on any atom is 0.265 e. The van der Waals surface area contributed by atoms with Gasteiger partial charge >= 0.3 is 0 Å². The molecule has 7 heteroatoms. The van der Waals surface area contributed by atoms with E-state index in [9.17, 15) is 13.2 Å². The van der Waals surface area contributed by atoms with E-state index in [2.05, 4.69) is 10.0 Å². The maximum atomic E-state index is 12.4. The van der Waals surface area contributed by atoms with Gasteiger partial charge in [-0.05, 0) is 74.4 Å². The van der Waals surface area contributed by atoms with Crippen molar-refractivity contribution in [2.24, 2.45) is 0 Å². The molecule has 0 saturated heterocycles. The molecule has 5 nitrogen and oxygen atoms in total. The van der Waals surface area contributed by atoms with Gasteiger partial charge in [0.15, 0.2) is 0 Å². The summed E-state index contributed by atoms with van der Waals surface area (Å²) in [5.41, 5.74) is 1.90. The maximum absolute atomic E-state index is 12.4. The number of nitrogens with one attached hydrogen (secondary N) is 2. The zero-order valence-corrected chi connectivity index (χ0v) is 15.4. The molecule has 2 N–H and O–H groups in total. The summed E-state index contributed by atoms with van der Waals surface area (Å²) < 4.78 is 27.0. The molecule has 1 saturated carbocycles. The van der Waals surface area contributed by atoms with Crippen LogP contribution in [-0.2, 0) is 22.9 Å². The lowest BCUT2D eigenvalue weighted by atomic mass is 9.99.